The summed E-state index contributed by atoms with van der Waals surface area (Å²) in [7, 11) is -3.40. The number of alkyl halides is 3. The van der Waals surface area contributed by atoms with Crippen molar-refractivity contribution in [2.24, 2.45) is 0 Å². The summed E-state index contributed by atoms with van der Waals surface area (Å²) < 4.78 is 74.6. The first-order valence-corrected chi connectivity index (χ1v) is 14.4. The molecule has 4 rings (SSSR count). The predicted octanol–water partition coefficient (Wildman–Crippen LogP) is 7.49. The molecule has 0 radical (unpaired) electrons. The molecule has 0 unspecified atom stereocenters. The lowest BCUT2D eigenvalue weighted by Gasteiger charge is -2.14. The van der Waals surface area contributed by atoms with Gasteiger partial charge in [-0.05, 0) is 90.3 Å². The number of carboxylic acid groups (broad SMARTS) is 1. The van der Waals surface area contributed by atoms with Gasteiger partial charge in [-0.1, -0.05) is 30.0 Å². The second-order valence-corrected chi connectivity index (χ2v) is 12.0. The van der Waals surface area contributed by atoms with Crippen LogP contribution in [0.2, 0.25) is 0 Å². The quantitative estimate of drug-likeness (QED) is 0.217. The predicted molar refractivity (Wildman–Crippen MR) is 145 cm³/mol. The molecule has 0 aliphatic carbocycles. The maximum atomic E-state index is 13.2. The maximum absolute atomic E-state index is 13.2. The molecule has 1 N–H and O–H groups in total. The largest absolute Gasteiger partial charge is 0.482 e. The molecule has 4 aromatic carbocycles. The van der Waals surface area contributed by atoms with Crippen LogP contribution >= 0.6 is 11.8 Å². The van der Waals surface area contributed by atoms with Crippen LogP contribution in [-0.2, 0) is 20.8 Å². The Morgan fingerprint density at radius 3 is 2.23 bits per heavy atom. The minimum absolute atomic E-state index is 0.00567. The Kier molecular flexibility index (Phi) is 8.45. The fourth-order valence-electron chi connectivity index (χ4n) is 3.75. The average molecular weight is 589 g/mol. The van der Waals surface area contributed by atoms with Crippen LogP contribution in [0.25, 0.3) is 11.1 Å². The van der Waals surface area contributed by atoms with Crippen LogP contribution in [0.1, 0.15) is 11.1 Å². The van der Waals surface area contributed by atoms with Crippen LogP contribution in [-0.4, -0.2) is 32.4 Å². The summed E-state index contributed by atoms with van der Waals surface area (Å²) in [4.78, 5) is 12.5. The van der Waals surface area contributed by atoms with Gasteiger partial charge < -0.3 is 14.6 Å². The zero-order valence-electron chi connectivity index (χ0n) is 21.2. The molecular weight excluding hydrogens is 565 g/mol. The molecule has 0 fully saturated rings. The third kappa shape index (κ3) is 7.57. The van der Waals surface area contributed by atoms with E-state index in [4.69, 9.17) is 14.6 Å². The standard InChI is InChI=1S/C29H23F3O6S2/c1-18-12-24(8-11-27(18)37-17-28(33)34)39-25-14-20(19-6-9-26(10-7-19)40(2,35)36)13-23(16-25)38-22-5-3-4-21(15-22)29(30,31)32/h3-16H,17H2,1-2H3,(H,33,34). The lowest BCUT2D eigenvalue weighted by Crippen LogP contribution is -2.09. The van der Waals surface area contributed by atoms with Crippen molar-refractivity contribution < 1.29 is 41.0 Å². The highest BCUT2D eigenvalue weighted by Crippen LogP contribution is 2.39. The van der Waals surface area contributed by atoms with Gasteiger partial charge in [0.05, 0.1) is 10.5 Å². The number of aryl methyl sites for hydroxylation is 1. The van der Waals surface area contributed by atoms with Crippen molar-refractivity contribution in [3.63, 3.8) is 0 Å². The summed E-state index contributed by atoms with van der Waals surface area (Å²) in [5, 5.41) is 8.85. The number of rotatable bonds is 9. The summed E-state index contributed by atoms with van der Waals surface area (Å²) in [6.45, 7) is 1.31. The molecule has 0 bridgehead atoms. The van der Waals surface area contributed by atoms with Crippen molar-refractivity contribution in [1.29, 1.82) is 0 Å². The van der Waals surface area contributed by atoms with E-state index in [0.29, 0.717) is 21.8 Å². The van der Waals surface area contributed by atoms with E-state index >= 15 is 0 Å². The molecular formula is C29H23F3O6S2. The van der Waals surface area contributed by atoms with Crippen molar-refractivity contribution in [3.8, 4) is 28.4 Å². The fraction of sp³-hybridized carbons (Fsp3) is 0.138. The molecule has 0 spiro atoms. The monoisotopic (exact) mass is 588 g/mol. The van der Waals surface area contributed by atoms with E-state index in [0.717, 1.165) is 28.8 Å². The topological polar surface area (TPSA) is 89.9 Å². The molecule has 0 aromatic heterocycles. The van der Waals surface area contributed by atoms with Gasteiger partial charge >= 0.3 is 12.1 Å². The highest BCUT2D eigenvalue weighted by molar-refractivity contribution is 7.99. The van der Waals surface area contributed by atoms with E-state index in [2.05, 4.69) is 0 Å². The van der Waals surface area contributed by atoms with E-state index in [-0.39, 0.29) is 16.4 Å². The second-order valence-electron chi connectivity index (χ2n) is 8.83. The summed E-state index contributed by atoms with van der Waals surface area (Å²) in [5.74, 6) is -0.372. The number of halogens is 3. The van der Waals surface area contributed by atoms with Crippen LogP contribution in [0.3, 0.4) is 0 Å². The normalized spacial score (nSPS) is 11.7. The number of carbonyl (C=O) groups is 1. The second kappa shape index (κ2) is 11.6. The van der Waals surface area contributed by atoms with Gasteiger partial charge in [-0.2, -0.15) is 13.2 Å². The molecule has 11 heteroatoms. The van der Waals surface area contributed by atoms with Gasteiger partial charge in [0, 0.05) is 16.0 Å². The van der Waals surface area contributed by atoms with Crippen molar-refractivity contribution in [3.05, 3.63) is 96.1 Å². The lowest BCUT2D eigenvalue weighted by molar-refractivity contribution is -0.139. The van der Waals surface area contributed by atoms with Gasteiger partial charge in [0.15, 0.2) is 16.4 Å². The number of ether oxygens (including phenoxy) is 2. The molecule has 0 amide bonds. The highest BCUT2D eigenvalue weighted by Gasteiger charge is 2.30. The number of carboxylic acids is 1. The van der Waals surface area contributed by atoms with Gasteiger partial charge in [0.25, 0.3) is 0 Å². The number of aliphatic carboxylic acids is 1. The Hall–Kier alpha value is -3.96. The number of hydrogen-bond acceptors (Lipinski definition) is 6. The molecule has 0 aliphatic rings. The molecule has 0 heterocycles. The Balaban J connectivity index is 1.70. The Labute approximate surface area is 233 Å². The smallest absolute Gasteiger partial charge is 0.416 e. The SMILES string of the molecule is Cc1cc(Sc2cc(Oc3cccc(C(F)(F)F)c3)cc(-c3ccc(S(C)(=O)=O)cc3)c2)ccc1OCC(=O)O. The van der Waals surface area contributed by atoms with Crippen LogP contribution in [0.5, 0.6) is 17.2 Å². The van der Waals surface area contributed by atoms with Crippen molar-refractivity contribution in [1.82, 2.24) is 0 Å². The van der Waals surface area contributed by atoms with Crippen molar-refractivity contribution in [2.75, 3.05) is 12.9 Å². The molecule has 40 heavy (non-hydrogen) atoms. The van der Waals surface area contributed by atoms with Crippen LogP contribution in [0.4, 0.5) is 13.2 Å². The molecule has 4 aromatic rings. The molecule has 208 valence electrons. The minimum Gasteiger partial charge on any atom is -0.482 e. The summed E-state index contributed by atoms with van der Waals surface area (Å²) >= 11 is 1.36. The van der Waals surface area contributed by atoms with Crippen LogP contribution in [0.15, 0.2) is 99.6 Å². The highest BCUT2D eigenvalue weighted by atomic mass is 32.2. The molecule has 6 nitrogen and oxygen atoms in total. The van der Waals surface area contributed by atoms with E-state index < -0.39 is 34.2 Å². The Morgan fingerprint density at radius 2 is 1.60 bits per heavy atom. The van der Waals surface area contributed by atoms with Crippen molar-refractivity contribution >= 4 is 27.6 Å². The first-order chi connectivity index (χ1) is 18.8. The number of hydrogen-bond donors (Lipinski definition) is 1. The van der Waals surface area contributed by atoms with Gasteiger partial charge in [0.2, 0.25) is 0 Å². The first-order valence-electron chi connectivity index (χ1n) is 11.7. The van der Waals surface area contributed by atoms with Gasteiger partial charge in [-0.3, -0.25) is 0 Å². The average Bonchev–Trinajstić information content (AvgIpc) is 2.87. The molecule has 0 saturated heterocycles. The van der Waals surface area contributed by atoms with E-state index in [1.807, 2.05) is 12.1 Å². The zero-order chi connectivity index (χ0) is 29.1. The minimum atomic E-state index is -4.53. The van der Waals surface area contributed by atoms with Crippen LogP contribution in [0, 0.1) is 6.92 Å². The molecule has 0 saturated carbocycles. The van der Waals surface area contributed by atoms with Gasteiger partial charge in [-0.25, -0.2) is 13.2 Å². The fourth-order valence-corrected chi connectivity index (χ4v) is 5.38. The third-order valence-corrected chi connectivity index (χ3v) is 7.72. The Bertz CT molecular complexity index is 1650. The first kappa shape index (κ1) is 29.0. The van der Waals surface area contributed by atoms with Gasteiger partial charge in [0.1, 0.15) is 17.2 Å². The molecule has 0 aliphatic heterocycles. The third-order valence-electron chi connectivity index (χ3n) is 5.63. The summed E-state index contributed by atoms with van der Waals surface area (Å²) in [5.41, 5.74) is 1.22. The summed E-state index contributed by atoms with van der Waals surface area (Å²) in [6, 6.07) is 21.3. The lowest BCUT2D eigenvalue weighted by atomic mass is 10.1. The van der Waals surface area contributed by atoms with Crippen LogP contribution < -0.4 is 9.47 Å². The molecule has 0 atom stereocenters. The summed E-state index contributed by atoms with van der Waals surface area (Å²) in [6.07, 6.45) is -3.41. The Morgan fingerprint density at radius 1 is 0.875 bits per heavy atom. The van der Waals surface area contributed by atoms with E-state index in [1.165, 1.54) is 36.0 Å². The van der Waals surface area contributed by atoms with E-state index in [1.54, 1.807) is 43.3 Å². The zero-order valence-corrected chi connectivity index (χ0v) is 22.9. The van der Waals surface area contributed by atoms with E-state index in [9.17, 15) is 26.4 Å². The number of benzene rings is 4. The number of sulfone groups is 1. The maximum Gasteiger partial charge on any atom is 0.416 e. The van der Waals surface area contributed by atoms with Gasteiger partial charge in [-0.15, -0.1) is 0 Å². The van der Waals surface area contributed by atoms with Crippen molar-refractivity contribution in [2.45, 2.75) is 27.8 Å².